The molecule has 0 spiro atoms. The van der Waals surface area contributed by atoms with E-state index in [2.05, 4.69) is 5.32 Å². The van der Waals surface area contributed by atoms with Gasteiger partial charge >= 0.3 is 5.97 Å². The number of rotatable bonds is 8. The second-order valence-electron chi connectivity index (χ2n) is 8.26. The molecule has 2 N–H and O–H groups in total. The van der Waals surface area contributed by atoms with Crippen LogP contribution in [-0.2, 0) is 4.79 Å². The van der Waals surface area contributed by atoms with Gasteiger partial charge in [0.25, 0.3) is 5.91 Å². The molecule has 3 rings (SSSR count). The molecule has 0 saturated heterocycles. The van der Waals surface area contributed by atoms with E-state index in [4.69, 9.17) is 21.4 Å². The van der Waals surface area contributed by atoms with E-state index < -0.39 is 23.7 Å². The van der Waals surface area contributed by atoms with E-state index in [0.29, 0.717) is 17.8 Å². The van der Waals surface area contributed by atoms with Gasteiger partial charge < -0.3 is 20.1 Å². The summed E-state index contributed by atoms with van der Waals surface area (Å²) < 4.78 is 19.5. The van der Waals surface area contributed by atoms with Gasteiger partial charge in [-0.2, -0.15) is 0 Å². The second kappa shape index (κ2) is 10.8. The van der Waals surface area contributed by atoms with Crippen molar-refractivity contribution in [3.63, 3.8) is 0 Å². The Hall–Kier alpha value is -3.58. The molecule has 0 bridgehead atoms. The van der Waals surface area contributed by atoms with E-state index in [0.717, 1.165) is 27.9 Å². The summed E-state index contributed by atoms with van der Waals surface area (Å²) in [5.74, 6) is -2.05. The number of nitrogens with zero attached hydrogens (tertiary/aromatic N) is 1. The molecule has 3 aromatic carbocycles. The molecule has 0 saturated carbocycles. The number of benzene rings is 3. The maximum atomic E-state index is 14.5. The van der Waals surface area contributed by atoms with Crippen LogP contribution in [0.25, 0.3) is 11.1 Å². The van der Waals surface area contributed by atoms with Crippen molar-refractivity contribution in [1.82, 2.24) is 5.32 Å². The number of anilines is 2. The Bertz CT molecular complexity index is 1230. The minimum Gasteiger partial charge on any atom is -0.492 e. The van der Waals surface area contributed by atoms with Crippen molar-refractivity contribution in [1.29, 1.82) is 0 Å². The van der Waals surface area contributed by atoms with Gasteiger partial charge in [-0.25, -0.2) is 4.39 Å². The van der Waals surface area contributed by atoms with E-state index in [9.17, 15) is 14.0 Å². The zero-order valence-corrected chi connectivity index (χ0v) is 21.0. The van der Waals surface area contributed by atoms with Crippen LogP contribution in [-0.4, -0.2) is 36.7 Å². The molecule has 1 unspecified atom stereocenters. The normalized spacial score (nSPS) is 11.6. The Morgan fingerprint density at radius 1 is 1.09 bits per heavy atom. The molecule has 0 aliphatic rings. The van der Waals surface area contributed by atoms with Crippen molar-refractivity contribution in [3.05, 3.63) is 76.1 Å². The van der Waals surface area contributed by atoms with Gasteiger partial charge in [0.15, 0.2) is 11.6 Å². The van der Waals surface area contributed by atoms with Gasteiger partial charge in [-0.15, -0.1) is 0 Å². The number of hydrogen-bond acceptors (Lipinski definition) is 4. The van der Waals surface area contributed by atoms with Crippen LogP contribution in [0.3, 0.4) is 0 Å². The molecule has 0 fully saturated rings. The lowest BCUT2D eigenvalue weighted by Crippen LogP contribution is -2.38. The lowest BCUT2D eigenvalue weighted by Gasteiger charge is -2.25. The van der Waals surface area contributed by atoms with Crippen molar-refractivity contribution < 1.29 is 23.8 Å². The van der Waals surface area contributed by atoms with Crippen LogP contribution in [0.15, 0.2) is 48.5 Å². The highest BCUT2D eigenvalue weighted by Gasteiger charge is 2.20. The van der Waals surface area contributed by atoms with E-state index in [1.807, 2.05) is 62.1 Å². The van der Waals surface area contributed by atoms with E-state index in [1.54, 1.807) is 6.07 Å². The molecular formula is C27H28ClFN2O4. The van der Waals surface area contributed by atoms with Crippen molar-refractivity contribution >= 4 is 34.9 Å². The molecule has 0 heterocycles. The van der Waals surface area contributed by atoms with Crippen molar-refractivity contribution in [2.75, 3.05) is 18.6 Å². The first kappa shape index (κ1) is 26.0. The topological polar surface area (TPSA) is 78.9 Å². The van der Waals surface area contributed by atoms with Gasteiger partial charge in [0.05, 0.1) is 12.1 Å². The average molecular weight is 499 g/mol. The summed E-state index contributed by atoms with van der Waals surface area (Å²) in [6, 6.07) is 13.6. The number of amides is 1. The second-order valence-corrected chi connectivity index (χ2v) is 8.66. The molecule has 0 aliphatic heterocycles. The first-order valence-electron chi connectivity index (χ1n) is 11.1. The van der Waals surface area contributed by atoms with Crippen LogP contribution in [0.1, 0.15) is 35.3 Å². The number of carbonyl (C=O) groups excluding carboxylic acids is 1. The van der Waals surface area contributed by atoms with E-state index in [1.165, 1.54) is 20.1 Å². The first-order valence-corrected chi connectivity index (χ1v) is 11.5. The number of aryl methyl sites for hydroxylation is 2. The summed E-state index contributed by atoms with van der Waals surface area (Å²) in [4.78, 5) is 25.7. The standard InChI is InChI=1S/C27H28ClFN2O4/c1-6-31(21-13-22(28)25(35-5)23(29)14-21)20-9-7-8-18(12-20)19-10-15(2)24(16(3)11-19)26(32)30-17(4)27(33)34/h7-14,17H,6H2,1-5H3,(H,30,32)(H,33,34). The average Bonchev–Trinajstić information content (AvgIpc) is 2.79. The summed E-state index contributed by atoms with van der Waals surface area (Å²) >= 11 is 6.22. The van der Waals surface area contributed by atoms with Crippen LogP contribution in [0.4, 0.5) is 15.8 Å². The zero-order chi connectivity index (χ0) is 25.9. The van der Waals surface area contributed by atoms with Crippen molar-refractivity contribution in [2.45, 2.75) is 33.7 Å². The van der Waals surface area contributed by atoms with Gasteiger partial charge in [0.1, 0.15) is 6.04 Å². The maximum absolute atomic E-state index is 14.5. The highest BCUT2D eigenvalue weighted by molar-refractivity contribution is 6.32. The third kappa shape index (κ3) is 5.57. The number of methoxy groups -OCH3 is 1. The molecule has 35 heavy (non-hydrogen) atoms. The van der Waals surface area contributed by atoms with Crippen molar-refractivity contribution in [2.24, 2.45) is 0 Å². The Labute approximate surface area is 209 Å². The molecule has 3 aromatic rings. The smallest absolute Gasteiger partial charge is 0.325 e. The van der Waals surface area contributed by atoms with Gasteiger partial charge in [-0.3, -0.25) is 9.59 Å². The zero-order valence-electron chi connectivity index (χ0n) is 20.3. The first-order chi connectivity index (χ1) is 16.6. The molecular weight excluding hydrogens is 471 g/mol. The molecule has 0 radical (unpaired) electrons. The van der Waals surface area contributed by atoms with E-state index in [-0.39, 0.29) is 10.8 Å². The van der Waals surface area contributed by atoms with Crippen LogP contribution in [0.2, 0.25) is 5.02 Å². The molecule has 184 valence electrons. The molecule has 1 atom stereocenters. The van der Waals surface area contributed by atoms with Gasteiger partial charge in [0.2, 0.25) is 0 Å². The predicted molar refractivity (Wildman–Crippen MR) is 137 cm³/mol. The summed E-state index contributed by atoms with van der Waals surface area (Å²) in [5.41, 5.74) is 5.18. The number of halogens is 2. The van der Waals surface area contributed by atoms with Crippen LogP contribution in [0, 0.1) is 19.7 Å². The number of carboxylic acid groups (broad SMARTS) is 1. The van der Waals surface area contributed by atoms with Crippen LogP contribution in [0.5, 0.6) is 5.75 Å². The van der Waals surface area contributed by atoms with E-state index >= 15 is 0 Å². The Morgan fingerprint density at radius 3 is 2.29 bits per heavy atom. The minimum atomic E-state index is -1.10. The largest absolute Gasteiger partial charge is 0.492 e. The number of carboxylic acids is 1. The summed E-state index contributed by atoms with van der Waals surface area (Å²) in [5, 5.41) is 11.8. The number of ether oxygens (including phenoxy) is 1. The lowest BCUT2D eigenvalue weighted by molar-refractivity contribution is -0.138. The molecule has 1 amide bonds. The monoisotopic (exact) mass is 498 g/mol. The summed E-state index contributed by atoms with van der Waals surface area (Å²) in [6.45, 7) is 7.60. The lowest BCUT2D eigenvalue weighted by atomic mass is 9.94. The predicted octanol–water partition coefficient (Wildman–Crippen LogP) is 6.13. The fourth-order valence-corrected chi connectivity index (χ4v) is 4.36. The van der Waals surface area contributed by atoms with Crippen molar-refractivity contribution in [3.8, 4) is 16.9 Å². The summed E-state index contributed by atoms with van der Waals surface area (Å²) in [7, 11) is 1.37. The van der Waals surface area contributed by atoms with Crippen LogP contribution >= 0.6 is 11.6 Å². The molecule has 0 aliphatic carbocycles. The third-order valence-corrected chi connectivity index (χ3v) is 6.06. The molecule has 6 nitrogen and oxygen atoms in total. The van der Waals surface area contributed by atoms with Gasteiger partial charge in [-0.05, 0) is 68.1 Å². The highest BCUT2D eigenvalue weighted by atomic mass is 35.5. The van der Waals surface area contributed by atoms with Gasteiger partial charge in [0, 0.05) is 29.5 Å². The summed E-state index contributed by atoms with van der Waals surface area (Å²) in [6.07, 6.45) is 0. The Morgan fingerprint density at radius 2 is 1.74 bits per heavy atom. The number of carbonyl (C=O) groups is 2. The fraction of sp³-hybridized carbons (Fsp3) is 0.259. The Kier molecular flexibility index (Phi) is 8.02. The Balaban J connectivity index is 1.98. The van der Waals surface area contributed by atoms with Gasteiger partial charge in [-0.1, -0.05) is 35.9 Å². The number of hydrogen-bond donors (Lipinski definition) is 2. The fourth-order valence-electron chi connectivity index (χ4n) is 4.08. The minimum absolute atomic E-state index is 0.00745. The maximum Gasteiger partial charge on any atom is 0.325 e. The molecule has 0 aromatic heterocycles. The SMILES string of the molecule is CCN(c1cccc(-c2cc(C)c(C(=O)NC(C)C(=O)O)c(C)c2)c1)c1cc(F)c(OC)c(Cl)c1. The quantitative estimate of drug-likeness (QED) is 0.390. The molecule has 8 heteroatoms. The highest BCUT2D eigenvalue weighted by Crippen LogP contribution is 2.36. The number of nitrogens with one attached hydrogen (secondary N) is 1. The van der Waals surface area contributed by atoms with Crippen LogP contribution < -0.4 is 15.0 Å². The third-order valence-electron chi connectivity index (χ3n) is 5.78. The number of aliphatic carboxylic acids is 1.